The van der Waals surface area contributed by atoms with Gasteiger partial charge in [-0.2, -0.15) is 0 Å². The van der Waals surface area contributed by atoms with Crippen molar-refractivity contribution in [2.75, 3.05) is 24.5 Å². The van der Waals surface area contributed by atoms with Gasteiger partial charge in [0, 0.05) is 43.1 Å². The Morgan fingerprint density at radius 3 is 2.31 bits per heavy atom. The van der Waals surface area contributed by atoms with Gasteiger partial charge in [-0.25, -0.2) is 9.97 Å². The lowest BCUT2D eigenvalue weighted by Gasteiger charge is -2.58. The van der Waals surface area contributed by atoms with Gasteiger partial charge >= 0.3 is 0 Å². The molecule has 0 radical (unpaired) electrons. The number of rotatable bonds is 4. The fraction of sp³-hybridized carbons (Fsp3) is 0.792. The molecule has 5 rings (SSSR count). The number of aromatic nitrogens is 2. The molecule has 2 heterocycles. The molecule has 5 heteroatoms. The molecule has 3 saturated carbocycles. The van der Waals surface area contributed by atoms with Crippen LogP contribution in [0.15, 0.2) is 12.4 Å². The van der Waals surface area contributed by atoms with Crippen molar-refractivity contribution in [3.8, 4) is 0 Å². The smallest absolute Gasteiger partial charge is 0.138 e. The number of hydrogen-bond donors (Lipinski definition) is 0. The van der Waals surface area contributed by atoms with Crippen LogP contribution in [0, 0.1) is 24.2 Å². The van der Waals surface area contributed by atoms with E-state index in [0.717, 1.165) is 37.8 Å². The van der Waals surface area contributed by atoms with Crippen molar-refractivity contribution in [1.29, 1.82) is 0 Å². The Morgan fingerprint density at radius 2 is 1.72 bits per heavy atom. The molecule has 4 aliphatic rings. The van der Waals surface area contributed by atoms with Crippen LogP contribution in [0.25, 0.3) is 0 Å². The highest BCUT2D eigenvalue weighted by atomic mass is 16.1. The number of hydrogen-bond acceptors (Lipinski definition) is 5. The topological polar surface area (TPSA) is 49.3 Å². The molecule has 1 saturated heterocycles. The molecular formula is C24H36N4O. The highest BCUT2D eigenvalue weighted by Gasteiger charge is 2.58. The van der Waals surface area contributed by atoms with Crippen LogP contribution in [-0.4, -0.2) is 51.9 Å². The Labute approximate surface area is 175 Å². The number of Topliss-reactive ketones (excluding diaryl/α,β-unsaturated/α-hetero) is 1. The Kier molecular flexibility index (Phi) is 4.73. The van der Waals surface area contributed by atoms with Crippen LogP contribution >= 0.6 is 0 Å². The lowest BCUT2D eigenvalue weighted by molar-refractivity contribution is -0.129. The summed E-state index contributed by atoms with van der Waals surface area (Å²) in [5.74, 6) is 1.89. The molecule has 2 spiro atoms. The third-order valence-electron chi connectivity index (χ3n) is 8.46. The van der Waals surface area contributed by atoms with Crippen molar-refractivity contribution in [2.24, 2.45) is 17.3 Å². The first-order valence-corrected chi connectivity index (χ1v) is 11.7. The van der Waals surface area contributed by atoms with Crippen LogP contribution < -0.4 is 4.90 Å². The molecule has 0 aromatic carbocycles. The number of carbonyl (C=O) groups excluding carboxylic acids is 1. The van der Waals surface area contributed by atoms with E-state index in [1.807, 2.05) is 19.3 Å². The fourth-order valence-electron chi connectivity index (χ4n) is 6.47. The average molecular weight is 397 g/mol. The standard InChI is InChI=1S/C24H36N4O/c1-17(2)22(29)19-4-6-23(7-5-19)12-20(13-23)28-11-10-27(16-24(28)8-9-24)21-14-25-18(3)26-15-21/h14-15,17,19-20H,4-13,16H2,1-3H3/t19-,20-,23?. The zero-order valence-electron chi connectivity index (χ0n) is 18.4. The summed E-state index contributed by atoms with van der Waals surface area (Å²) in [7, 11) is 0. The molecule has 4 fully saturated rings. The molecule has 0 unspecified atom stereocenters. The van der Waals surface area contributed by atoms with E-state index in [2.05, 4.69) is 33.6 Å². The molecule has 1 aliphatic heterocycles. The van der Waals surface area contributed by atoms with Gasteiger partial charge < -0.3 is 4.90 Å². The second kappa shape index (κ2) is 7.04. The maximum atomic E-state index is 12.4. The van der Waals surface area contributed by atoms with Crippen molar-refractivity contribution >= 4 is 11.5 Å². The first-order chi connectivity index (χ1) is 13.9. The van der Waals surface area contributed by atoms with E-state index in [0.29, 0.717) is 22.7 Å². The van der Waals surface area contributed by atoms with Gasteiger partial charge in [0.05, 0.1) is 18.1 Å². The van der Waals surface area contributed by atoms with E-state index in [4.69, 9.17) is 0 Å². The van der Waals surface area contributed by atoms with Gasteiger partial charge in [0.15, 0.2) is 0 Å². The molecule has 29 heavy (non-hydrogen) atoms. The van der Waals surface area contributed by atoms with Crippen molar-refractivity contribution in [1.82, 2.24) is 14.9 Å². The van der Waals surface area contributed by atoms with Crippen LogP contribution in [0.4, 0.5) is 5.69 Å². The third kappa shape index (κ3) is 3.49. The Balaban J connectivity index is 1.17. The Bertz CT molecular complexity index is 754. The zero-order valence-corrected chi connectivity index (χ0v) is 18.4. The Hall–Kier alpha value is -1.49. The molecule has 1 aromatic heterocycles. The summed E-state index contributed by atoms with van der Waals surface area (Å²) >= 11 is 0. The molecule has 0 bridgehead atoms. The van der Waals surface area contributed by atoms with E-state index in [1.165, 1.54) is 50.8 Å². The van der Waals surface area contributed by atoms with Gasteiger partial charge in [-0.15, -0.1) is 0 Å². The van der Waals surface area contributed by atoms with Crippen molar-refractivity contribution < 1.29 is 4.79 Å². The molecule has 0 atom stereocenters. The number of aryl methyl sites for hydroxylation is 1. The quantitative estimate of drug-likeness (QED) is 0.770. The van der Waals surface area contributed by atoms with Gasteiger partial charge in [-0.1, -0.05) is 13.8 Å². The second-order valence-corrected chi connectivity index (χ2v) is 10.7. The Morgan fingerprint density at radius 1 is 1.07 bits per heavy atom. The molecule has 3 aliphatic carbocycles. The summed E-state index contributed by atoms with van der Waals surface area (Å²) in [5.41, 5.74) is 2.14. The van der Waals surface area contributed by atoms with Crippen LogP contribution in [-0.2, 0) is 4.79 Å². The number of piperazine rings is 1. The number of anilines is 1. The van der Waals surface area contributed by atoms with Gasteiger partial charge in [-0.3, -0.25) is 9.69 Å². The summed E-state index contributed by atoms with van der Waals surface area (Å²) in [5, 5.41) is 0. The highest BCUT2D eigenvalue weighted by Crippen LogP contribution is 2.58. The van der Waals surface area contributed by atoms with Crippen LogP contribution in [0.3, 0.4) is 0 Å². The van der Waals surface area contributed by atoms with E-state index >= 15 is 0 Å². The van der Waals surface area contributed by atoms with Gasteiger partial charge in [-0.05, 0) is 63.7 Å². The maximum absolute atomic E-state index is 12.4. The third-order valence-corrected chi connectivity index (χ3v) is 8.46. The molecule has 1 aromatic rings. The summed E-state index contributed by atoms with van der Waals surface area (Å²) in [4.78, 5) is 26.5. The van der Waals surface area contributed by atoms with Crippen molar-refractivity contribution in [2.45, 2.75) is 83.7 Å². The number of nitrogens with zero attached hydrogens (tertiary/aromatic N) is 4. The predicted molar refractivity (Wildman–Crippen MR) is 115 cm³/mol. The lowest BCUT2D eigenvalue weighted by Crippen LogP contribution is -2.63. The van der Waals surface area contributed by atoms with Crippen LogP contribution in [0.2, 0.25) is 0 Å². The fourth-order valence-corrected chi connectivity index (χ4v) is 6.47. The van der Waals surface area contributed by atoms with E-state index < -0.39 is 0 Å². The number of ketones is 1. The molecule has 0 amide bonds. The zero-order chi connectivity index (χ0) is 20.2. The molecule has 158 valence electrons. The summed E-state index contributed by atoms with van der Waals surface area (Å²) in [6.45, 7) is 9.45. The van der Waals surface area contributed by atoms with Gasteiger partial charge in [0.2, 0.25) is 0 Å². The van der Waals surface area contributed by atoms with Crippen molar-refractivity contribution in [3.05, 3.63) is 18.2 Å². The summed E-state index contributed by atoms with van der Waals surface area (Å²) < 4.78 is 0. The highest BCUT2D eigenvalue weighted by molar-refractivity contribution is 5.82. The predicted octanol–water partition coefficient (Wildman–Crippen LogP) is 4.00. The number of carbonyl (C=O) groups is 1. The minimum absolute atomic E-state index is 0.202. The lowest BCUT2D eigenvalue weighted by atomic mass is 9.55. The first-order valence-electron chi connectivity index (χ1n) is 11.7. The van der Waals surface area contributed by atoms with E-state index in [9.17, 15) is 4.79 Å². The monoisotopic (exact) mass is 396 g/mol. The maximum Gasteiger partial charge on any atom is 0.138 e. The van der Waals surface area contributed by atoms with E-state index in [-0.39, 0.29) is 5.92 Å². The van der Waals surface area contributed by atoms with Crippen molar-refractivity contribution in [3.63, 3.8) is 0 Å². The molecule has 0 N–H and O–H groups in total. The van der Waals surface area contributed by atoms with Gasteiger partial charge in [0.25, 0.3) is 0 Å². The average Bonchev–Trinajstić information content (AvgIpc) is 3.46. The van der Waals surface area contributed by atoms with E-state index in [1.54, 1.807) is 0 Å². The van der Waals surface area contributed by atoms with Crippen LogP contribution in [0.1, 0.15) is 71.0 Å². The minimum atomic E-state index is 0.202. The summed E-state index contributed by atoms with van der Waals surface area (Å²) in [6, 6.07) is 0.770. The second-order valence-electron chi connectivity index (χ2n) is 10.7. The largest absolute Gasteiger partial charge is 0.366 e. The first kappa shape index (κ1) is 19.5. The minimum Gasteiger partial charge on any atom is -0.366 e. The molecule has 5 nitrogen and oxygen atoms in total. The summed E-state index contributed by atoms with van der Waals surface area (Å²) in [6.07, 6.45) is 14.2. The van der Waals surface area contributed by atoms with Crippen LogP contribution in [0.5, 0.6) is 0 Å². The normalized spacial score (nSPS) is 33.9. The SMILES string of the molecule is Cc1ncc(N2CCN([C@H]3CC4(CC[C@H](C(=O)C(C)C)CC4)C3)C3(CC3)C2)cn1. The van der Waals surface area contributed by atoms with Gasteiger partial charge in [0.1, 0.15) is 11.6 Å². The molecular weight excluding hydrogens is 360 g/mol.